The zero-order valence-electron chi connectivity index (χ0n) is 9.57. The third-order valence-corrected chi connectivity index (χ3v) is 3.27. The quantitative estimate of drug-likeness (QED) is 0.783. The van der Waals surface area contributed by atoms with Gasteiger partial charge in [-0.05, 0) is 31.5 Å². The lowest BCUT2D eigenvalue weighted by atomic mass is 10.0. The summed E-state index contributed by atoms with van der Waals surface area (Å²) >= 11 is 0. The van der Waals surface area contributed by atoms with E-state index in [1.54, 1.807) is 6.07 Å². The summed E-state index contributed by atoms with van der Waals surface area (Å²) in [6.07, 6.45) is 3.43. The van der Waals surface area contributed by atoms with E-state index in [2.05, 4.69) is 15.3 Å². The molecular formula is C13H15N3O. The second-order valence-electron chi connectivity index (χ2n) is 4.47. The van der Waals surface area contributed by atoms with Crippen LogP contribution in [-0.2, 0) is 0 Å². The molecule has 1 atom stereocenters. The third kappa shape index (κ3) is 1.96. The van der Waals surface area contributed by atoms with Gasteiger partial charge in [0.2, 0.25) is 0 Å². The maximum absolute atomic E-state index is 11.9. The van der Waals surface area contributed by atoms with Gasteiger partial charge in [-0.25, -0.2) is 4.98 Å². The average molecular weight is 229 g/mol. The van der Waals surface area contributed by atoms with E-state index in [4.69, 9.17) is 0 Å². The van der Waals surface area contributed by atoms with Gasteiger partial charge in [0.05, 0.1) is 16.9 Å². The van der Waals surface area contributed by atoms with Gasteiger partial charge >= 0.3 is 0 Å². The predicted molar refractivity (Wildman–Crippen MR) is 67.0 cm³/mol. The first-order chi connectivity index (χ1) is 8.34. The molecule has 0 aliphatic carbocycles. The number of hydrogen-bond donors (Lipinski definition) is 2. The Balaban J connectivity index is 2.08. The number of H-pyrrole nitrogens is 1. The Hall–Kier alpha value is -1.68. The minimum Gasteiger partial charge on any atom is -0.309 e. The highest BCUT2D eigenvalue weighted by atomic mass is 16.1. The molecule has 88 valence electrons. The van der Waals surface area contributed by atoms with E-state index in [9.17, 15) is 4.79 Å². The van der Waals surface area contributed by atoms with E-state index in [1.165, 1.54) is 12.8 Å². The van der Waals surface area contributed by atoms with E-state index in [0.717, 1.165) is 24.3 Å². The molecule has 17 heavy (non-hydrogen) atoms. The molecule has 0 bridgehead atoms. The second kappa shape index (κ2) is 4.30. The van der Waals surface area contributed by atoms with Gasteiger partial charge in [-0.1, -0.05) is 18.6 Å². The van der Waals surface area contributed by atoms with Crippen LogP contribution in [0.5, 0.6) is 0 Å². The van der Waals surface area contributed by atoms with Crippen molar-refractivity contribution < 1.29 is 0 Å². The molecule has 1 aromatic heterocycles. The first-order valence-electron chi connectivity index (χ1n) is 6.07. The zero-order valence-corrected chi connectivity index (χ0v) is 9.57. The Kier molecular flexibility index (Phi) is 2.65. The van der Waals surface area contributed by atoms with Crippen molar-refractivity contribution in [2.75, 3.05) is 6.54 Å². The van der Waals surface area contributed by atoms with E-state index in [-0.39, 0.29) is 11.6 Å². The van der Waals surface area contributed by atoms with Gasteiger partial charge in [0, 0.05) is 0 Å². The van der Waals surface area contributed by atoms with E-state index >= 15 is 0 Å². The Morgan fingerprint density at radius 2 is 2.12 bits per heavy atom. The fourth-order valence-electron chi connectivity index (χ4n) is 2.35. The largest absolute Gasteiger partial charge is 0.309 e. The molecular weight excluding hydrogens is 214 g/mol. The number of nitrogens with zero attached hydrogens (tertiary/aromatic N) is 1. The molecule has 1 saturated heterocycles. The molecule has 2 aromatic rings. The van der Waals surface area contributed by atoms with E-state index < -0.39 is 0 Å². The second-order valence-corrected chi connectivity index (χ2v) is 4.47. The number of benzene rings is 1. The fourth-order valence-corrected chi connectivity index (χ4v) is 2.35. The zero-order chi connectivity index (χ0) is 11.7. The number of aromatic nitrogens is 2. The molecule has 3 rings (SSSR count). The molecule has 1 aliphatic rings. The van der Waals surface area contributed by atoms with Crippen molar-refractivity contribution in [3.8, 4) is 0 Å². The molecule has 1 aromatic carbocycles. The van der Waals surface area contributed by atoms with Crippen LogP contribution in [0.4, 0.5) is 0 Å². The highest BCUT2D eigenvalue weighted by molar-refractivity contribution is 5.77. The molecule has 0 spiro atoms. The van der Waals surface area contributed by atoms with Crippen LogP contribution in [0.2, 0.25) is 0 Å². The first-order valence-corrected chi connectivity index (χ1v) is 6.07. The molecule has 2 heterocycles. The summed E-state index contributed by atoms with van der Waals surface area (Å²) in [5.74, 6) is 0.772. The molecule has 4 nitrogen and oxygen atoms in total. The molecule has 0 saturated carbocycles. The highest BCUT2D eigenvalue weighted by Crippen LogP contribution is 2.20. The summed E-state index contributed by atoms with van der Waals surface area (Å²) < 4.78 is 0. The summed E-state index contributed by atoms with van der Waals surface area (Å²) in [4.78, 5) is 19.4. The molecule has 1 fully saturated rings. The Bertz CT molecular complexity index is 584. The first kappa shape index (κ1) is 10.5. The minimum atomic E-state index is -0.0435. The van der Waals surface area contributed by atoms with Crippen molar-refractivity contribution in [3.05, 3.63) is 40.4 Å². The van der Waals surface area contributed by atoms with E-state index in [1.807, 2.05) is 18.2 Å². The number of rotatable bonds is 1. The van der Waals surface area contributed by atoms with Crippen LogP contribution in [0.1, 0.15) is 31.1 Å². The van der Waals surface area contributed by atoms with Gasteiger partial charge in [-0.2, -0.15) is 0 Å². The third-order valence-electron chi connectivity index (χ3n) is 3.27. The van der Waals surface area contributed by atoms with Gasteiger partial charge in [0.15, 0.2) is 0 Å². The average Bonchev–Trinajstić information content (AvgIpc) is 2.40. The Labute approximate surface area is 99.1 Å². The van der Waals surface area contributed by atoms with Crippen molar-refractivity contribution in [3.63, 3.8) is 0 Å². The number of piperidine rings is 1. The number of para-hydroxylation sites is 1. The summed E-state index contributed by atoms with van der Waals surface area (Å²) in [5, 5.41) is 4.05. The molecule has 0 amide bonds. The smallest absolute Gasteiger partial charge is 0.258 e. The van der Waals surface area contributed by atoms with Gasteiger partial charge in [0.1, 0.15) is 5.82 Å². The summed E-state index contributed by atoms with van der Waals surface area (Å²) in [6, 6.07) is 7.65. The lowest BCUT2D eigenvalue weighted by molar-refractivity contribution is 0.397. The van der Waals surface area contributed by atoms with Crippen LogP contribution in [-0.4, -0.2) is 16.5 Å². The van der Waals surface area contributed by atoms with Gasteiger partial charge in [-0.15, -0.1) is 0 Å². The lowest BCUT2D eigenvalue weighted by Gasteiger charge is -2.22. The van der Waals surface area contributed by atoms with Crippen LogP contribution in [0.3, 0.4) is 0 Å². The maximum atomic E-state index is 11.9. The molecule has 0 radical (unpaired) electrons. The Morgan fingerprint density at radius 3 is 2.94 bits per heavy atom. The molecule has 1 unspecified atom stereocenters. The van der Waals surface area contributed by atoms with Gasteiger partial charge < -0.3 is 10.3 Å². The standard InChI is InChI=1S/C13H15N3O/c17-13-9-5-1-2-6-10(9)15-12(16-13)11-7-3-4-8-14-11/h1-2,5-6,11,14H,3-4,7-8H2,(H,15,16,17). The molecule has 2 N–H and O–H groups in total. The number of nitrogens with one attached hydrogen (secondary N) is 2. The number of hydrogen-bond acceptors (Lipinski definition) is 3. The maximum Gasteiger partial charge on any atom is 0.258 e. The molecule has 1 aliphatic heterocycles. The van der Waals surface area contributed by atoms with Gasteiger partial charge in [0.25, 0.3) is 5.56 Å². The van der Waals surface area contributed by atoms with Crippen LogP contribution in [0.25, 0.3) is 10.9 Å². The lowest BCUT2D eigenvalue weighted by Crippen LogP contribution is -2.30. The van der Waals surface area contributed by atoms with E-state index in [0.29, 0.717) is 5.39 Å². The Morgan fingerprint density at radius 1 is 1.24 bits per heavy atom. The van der Waals surface area contributed by atoms with Gasteiger partial charge in [-0.3, -0.25) is 4.79 Å². The number of aromatic amines is 1. The van der Waals surface area contributed by atoms with Crippen LogP contribution in [0.15, 0.2) is 29.1 Å². The summed E-state index contributed by atoms with van der Waals surface area (Å²) in [7, 11) is 0. The summed E-state index contributed by atoms with van der Waals surface area (Å²) in [5.41, 5.74) is 0.733. The van der Waals surface area contributed by atoms with Crippen LogP contribution in [0, 0.1) is 0 Å². The normalized spacial score (nSPS) is 20.6. The number of fused-ring (bicyclic) bond motifs is 1. The predicted octanol–water partition coefficient (Wildman–Crippen LogP) is 1.74. The highest BCUT2D eigenvalue weighted by Gasteiger charge is 2.17. The topological polar surface area (TPSA) is 57.8 Å². The minimum absolute atomic E-state index is 0.0435. The van der Waals surface area contributed by atoms with Crippen molar-refractivity contribution in [2.45, 2.75) is 25.3 Å². The van der Waals surface area contributed by atoms with Crippen molar-refractivity contribution in [1.29, 1.82) is 0 Å². The SMILES string of the molecule is O=c1[nH]c(C2CCCCN2)nc2ccccc12. The fraction of sp³-hybridized carbons (Fsp3) is 0.385. The monoisotopic (exact) mass is 229 g/mol. The molecule has 4 heteroatoms. The van der Waals surface area contributed by atoms with Crippen LogP contribution >= 0.6 is 0 Å². The van der Waals surface area contributed by atoms with Crippen LogP contribution < -0.4 is 10.9 Å². The van der Waals surface area contributed by atoms with Crippen molar-refractivity contribution >= 4 is 10.9 Å². The van der Waals surface area contributed by atoms with Crippen molar-refractivity contribution in [2.24, 2.45) is 0 Å². The van der Waals surface area contributed by atoms with Crippen molar-refractivity contribution in [1.82, 2.24) is 15.3 Å². The summed E-state index contributed by atoms with van der Waals surface area (Å²) in [6.45, 7) is 1.00.